The number of carbonyl (C=O) groups excluding carboxylic acids is 1. The second-order valence-electron chi connectivity index (χ2n) is 2.66. The van der Waals surface area contributed by atoms with Gasteiger partial charge in [0.25, 0.3) is 0 Å². The highest BCUT2D eigenvalue weighted by molar-refractivity contribution is 5.79. The molecule has 0 atom stereocenters. The Morgan fingerprint density at radius 2 is 2.29 bits per heavy atom. The van der Waals surface area contributed by atoms with Crippen LogP contribution in [0, 0.1) is 17.7 Å². The number of halogens is 1. The molecule has 0 fully saturated rings. The molecule has 1 aromatic carbocycles. The molecule has 0 aliphatic heterocycles. The van der Waals surface area contributed by atoms with Crippen LogP contribution in [0.15, 0.2) is 18.2 Å². The molecular formula is C11H10FNO. The molecule has 14 heavy (non-hydrogen) atoms. The van der Waals surface area contributed by atoms with E-state index in [-0.39, 0.29) is 11.1 Å². The first kappa shape index (κ1) is 10.4. The Bertz CT molecular complexity index is 390. The van der Waals surface area contributed by atoms with Gasteiger partial charge in [-0.15, -0.1) is 0 Å². The zero-order chi connectivity index (χ0) is 10.4. The lowest BCUT2D eigenvalue weighted by atomic mass is 10.1. The van der Waals surface area contributed by atoms with E-state index in [0.717, 1.165) is 0 Å². The summed E-state index contributed by atoms with van der Waals surface area (Å²) in [7, 11) is 0. The topological polar surface area (TPSA) is 43.1 Å². The summed E-state index contributed by atoms with van der Waals surface area (Å²) in [6.07, 6.45) is 1.09. The predicted octanol–water partition coefficient (Wildman–Crippen LogP) is 1.34. The van der Waals surface area contributed by atoms with E-state index in [1.165, 1.54) is 18.2 Å². The van der Waals surface area contributed by atoms with Gasteiger partial charge in [-0.25, -0.2) is 4.39 Å². The third kappa shape index (κ3) is 2.41. The van der Waals surface area contributed by atoms with Crippen molar-refractivity contribution in [3.63, 3.8) is 0 Å². The molecule has 0 amide bonds. The number of hydrogen-bond donors (Lipinski definition) is 1. The van der Waals surface area contributed by atoms with Gasteiger partial charge in [-0.1, -0.05) is 24.0 Å². The quantitative estimate of drug-likeness (QED) is 0.566. The van der Waals surface area contributed by atoms with E-state index in [0.29, 0.717) is 19.3 Å². The summed E-state index contributed by atoms with van der Waals surface area (Å²) >= 11 is 0. The van der Waals surface area contributed by atoms with Gasteiger partial charge in [-0.3, -0.25) is 4.79 Å². The molecule has 1 rings (SSSR count). The summed E-state index contributed by atoms with van der Waals surface area (Å²) in [5.74, 6) is 4.82. The maximum absolute atomic E-state index is 13.2. The van der Waals surface area contributed by atoms with Crippen molar-refractivity contribution in [3.05, 3.63) is 35.1 Å². The van der Waals surface area contributed by atoms with Crippen LogP contribution in [0.25, 0.3) is 0 Å². The van der Waals surface area contributed by atoms with Crippen LogP contribution in [0.1, 0.15) is 22.3 Å². The third-order valence-electron chi connectivity index (χ3n) is 1.66. The van der Waals surface area contributed by atoms with Crippen LogP contribution in [-0.4, -0.2) is 12.8 Å². The molecule has 0 radical (unpaired) electrons. The van der Waals surface area contributed by atoms with Crippen molar-refractivity contribution >= 4 is 6.29 Å². The van der Waals surface area contributed by atoms with Gasteiger partial charge in [-0.2, -0.15) is 0 Å². The minimum atomic E-state index is -0.473. The Morgan fingerprint density at radius 3 is 2.93 bits per heavy atom. The lowest BCUT2D eigenvalue weighted by Crippen LogP contribution is -1.96. The van der Waals surface area contributed by atoms with Crippen molar-refractivity contribution in [1.29, 1.82) is 0 Å². The van der Waals surface area contributed by atoms with E-state index < -0.39 is 5.82 Å². The Hall–Kier alpha value is -1.66. The molecule has 0 aromatic heterocycles. The van der Waals surface area contributed by atoms with Crippen molar-refractivity contribution in [2.75, 3.05) is 6.54 Å². The fourth-order valence-corrected chi connectivity index (χ4v) is 0.994. The Labute approximate surface area is 81.9 Å². The fourth-order valence-electron chi connectivity index (χ4n) is 0.994. The van der Waals surface area contributed by atoms with Gasteiger partial charge in [-0.05, 0) is 6.07 Å². The average molecular weight is 191 g/mol. The van der Waals surface area contributed by atoms with Gasteiger partial charge in [0.2, 0.25) is 0 Å². The highest BCUT2D eigenvalue weighted by atomic mass is 19.1. The highest BCUT2D eigenvalue weighted by Gasteiger charge is 2.03. The summed E-state index contributed by atoms with van der Waals surface area (Å²) in [5.41, 5.74) is 5.66. The van der Waals surface area contributed by atoms with E-state index in [4.69, 9.17) is 5.73 Å². The van der Waals surface area contributed by atoms with Gasteiger partial charge in [0.1, 0.15) is 5.82 Å². The van der Waals surface area contributed by atoms with Crippen LogP contribution in [-0.2, 0) is 0 Å². The number of carbonyl (C=O) groups is 1. The lowest BCUT2D eigenvalue weighted by molar-refractivity contribution is 0.112. The molecule has 0 bridgehead atoms. The average Bonchev–Trinajstić information content (AvgIpc) is 2.20. The summed E-state index contributed by atoms with van der Waals surface area (Å²) < 4.78 is 13.2. The van der Waals surface area contributed by atoms with E-state index in [1.54, 1.807) is 0 Å². The largest absolute Gasteiger partial charge is 0.330 e. The van der Waals surface area contributed by atoms with Crippen LogP contribution in [0.3, 0.4) is 0 Å². The zero-order valence-electron chi connectivity index (χ0n) is 7.59. The SMILES string of the molecule is NCCC#Cc1c(F)cccc1C=O. The van der Waals surface area contributed by atoms with E-state index in [1.807, 2.05) is 0 Å². The van der Waals surface area contributed by atoms with E-state index >= 15 is 0 Å². The first-order chi connectivity index (χ1) is 6.79. The number of benzene rings is 1. The van der Waals surface area contributed by atoms with Crippen LogP contribution in [0.5, 0.6) is 0 Å². The predicted molar refractivity (Wildman–Crippen MR) is 52.3 cm³/mol. The molecule has 1 aromatic rings. The van der Waals surface area contributed by atoms with Crippen molar-refractivity contribution in [2.24, 2.45) is 5.73 Å². The number of rotatable bonds is 2. The van der Waals surface area contributed by atoms with Crippen molar-refractivity contribution in [1.82, 2.24) is 0 Å². The molecular weight excluding hydrogens is 181 g/mol. The number of aldehydes is 1. The maximum Gasteiger partial charge on any atom is 0.151 e. The van der Waals surface area contributed by atoms with Gasteiger partial charge in [0.05, 0.1) is 5.56 Å². The molecule has 0 aliphatic carbocycles. The molecule has 0 unspecified atom stereocenters. The highest BCUT2D eigenvalue weighted by Crippen LogP contribution is 2.09. The third-order valence-corrected chi connectivity index (χ3v) is 1.66. The van der Waals surface area contributed by atoms with Crippen molar-refractivity contribution in [3.8, 4) is 11.8 Å². The van der Waals surface area contributed by atoms with Gasteiger partial charge in [0, 0.05) is 18.5 Å². The Kier molecular flexibility index (Phi) is 3.84. The minimum absolute atomic E-state index is 0.149. The van der Waals surface area contributed by atoms with Gasteiger partial charge in [0.15, 0.2) is 6.29 Å². The second-order valence-corrected chi connectivity index (χ2v) is 2.66. The van der Waals surface area contributed by atoms with Crippen LogP contribution < -0.4 is 5.73 Å². The molecule has 0 saturated heterocycles. The summed E-state index contributed by atoms with van der Waals surface area (Å²) in [6.45, 7) is 0.428. The molecule has 2 nitrogen and oxygen atoms in total. The number of nitrogens with two attached hydrogens (primary N) is 1. The van der Waals surface area contributed by atoms with Crippen LogP contribution in [0.4, 0.5) is 4.39 Å². The minimum Gasteiger partial charge on any atom is -0.330 e. The molecule has 2 N–H and O–H groups in total. The molecule has 0 heterocycles. The normalized spacial score (nSPS) is 9.00. The monoisotopic (exact) mass is 191 g/mol. The first-order valence-electron chi connectivity index (χ1n) is 4.22. The molecule has 72 valence electrons. The summed E-state index contributed by atoms with van der Waals surface area (Å²) in [6, 6.07) is 4.29. The summed E-state index contributed by atoms with van der Waals surface area (Å²) in [5, 5.41) is 0. The summed E-state index contributed by atoms with van der Waals surface area (Å²) in [4.78, 5) is 10.6. The standard InChI is InChI=1S/C11H10FNO/c12-11-6-3-4-9(8-14)10(11)5-1-2-7-13/h3-4,6,8H,2,7,13H2. The maximum atomic E-state index is 13.2. The van der Waals surface area contributed by atoms with E-state index in [2.05, 4.69) is 11.8 Å². The molecule has 3 heteroatoms. The molecule has 0 aliphatic rings. The smallest absolute Gasteiger partial charge is 0.151 e. The Morgan fingerprint density at radius 1 is 1.50 bits per heavy atom. The van der Waals surface area contributed by atoms with Gasteiger partial charge >= 0.3 is 0 Å². The van der Waals surface area contributed by atoms with Crippen LogP contribution in [0.2, 0.25) is 0 Å². The van der Waals surface area contributed by atoms with E-state index in [9.17, 15) is 9.18 Å². The fraction of sp³-hybridized carbons (Fsp3) is 0.182. The second kappa shape index (κ2) is 5.15. The molecule has 0 spiro atoms. The zero-order valence-corrected chi connectivity index (χ0v) is 7.59. The Balaban J connectivity index is 3.06. The van der Waals surface area contributed by atoms with Crippen LogP contribution >= 0.6 is 0 Å². The van der Waals surface area contributed by atoms with Crippen molar-refractivity contribution in [2.45, 2.75) is 6.42 Å². The molecule has 0 saturated carbocycles. The first-order valence-corrected chi connectivity index (χ1v) is 4.22. The van der Waals surface area contributed by atoms with Gasteiger partial charge < -0.3 is 5.73 Å². The lowest BCUT2D eigenvalue weighted by Gasteiger charge is -1.96. The van der Waals surface area contributed by atoms with Crippen molar-refractivity contribution < 1.29 is 9.18 Å². The number of hydrogen-bond acceptors (Lipinski definition) is 2.